The Kier molecular flexibility index (Phi) is 9.43. The molecule has 11 heteroatoms. The Hall–Kier alpha value is -3.60. The lowest BCUT2D eigenvalue weighted by Crippen LogP contribution is -2.39. The van der Waals surface area contributed by atoms with Gasteiger partial charge < -0.3 is 19.9 Å². The molecule has 5 rings (SSSR count). The van der Waals surface area contributed by atoms with E-state index in [1.165, 1.54) is 18.2 Å². The van der Waals surface area contributed by atoms with E-state index >= 15 is 0 Å². The van der Waals surface area contributed by atoms with Gasteiger partial charge in [-0.15, -0.1) is 0 Å². The van der Waals surface area contributed by atoms with Crippen molar-refractivity contribution >= 4 is 40.9 Å². The third-order valence-corrected chi connectivity index (χ3v) is 8.53. The number of rotatable bonds is 10. The van der Waals surface area contributed by atoms with Crippen molar-refractivity contribution in [2.24, 2.45) is 5.92 Å². The van der Waals surface area contributed by atoms with Gasteiger partial charge in [0.05, 0.1) is 7.11 Å². The smallest absolute Gasteiger partial charge is 0.222 e. The Morgan fingerprint density at radius 2 is 1.80 bits per heavy atom. The number of Topliss-reactive ketones (excluding diaryl/α,β-unsaturated/α-hetero) is 1. The van der Waals surface area contributed by atoms with Crippen LogP contribution in [-0.4, -0.2) is 70.0 Å². The van der Waals surface area contributed by atoms with Crippen molar-refractivity contribution < 1.29 is 14.3 Å². The number of carbonyl (C=O) groups is 2. The monoisotopic (exact) mass is 577 g/mol. The molecule has 0 spiro atoms. The molecule has 0 bridgehead atoms. The van der Waals surface area contributed by atoms with E-state index in [9.17, 15) is 9.59 Å². The number of benzene rings is 1. The van der Waals surface area contributed by atoms with Crippen LogP contribution in [0.4, 0.5) is 17.5 Å². The minimum atomic E-state index is 0.137. The van der Waals surface area contributed by atoms with Crippen LogP contribution in [0, 0.1) is 12.8 Å². The number of nitrogens with zero attached hydrogens (tertiary/aromatic N) is 5. The topological polar surface area (TPSA) is 116 Å². The number of carbonyl (C=O) groups excluding carboxylic acids is 2. The maximum Gasteiger partial charge on any atom is 0.222 e. The summed E-state index contributed by atoms with van der Waals surface area (Å²) in [6.07, 6.45) is 6.36. The average Bonchev–Trinajstić information content (AvgIpc) is 3.38. The lowest BCUT2D eigenvalue weighted by molar-refractivity contribution is -0.133. The second-order valence-electron chi connectivity index (χ2n) is 11.0. The van der Waals surface area contributed by atoms with Gasteiger partial charge in [-0.2, -0.15) is 5.10 Å². The Bertz CT molecular complexity index is 1350. The molecule has 0 saturated carbocycles. The van der Waals surface area contributed by atoms with Gasteiger partial charge in [0, 0.05) is 55.7 Å². The molecule has 2 N–H and O–H groups in total. The second-order valence-corrected chi connectivity index (χ2v) is 12.0. The number of methoxy groups -OCH3 is 1. The van der Waals surface area contributed by atoms with Gasteiger partial charge in [0.15, 0.2) is 22.6 Å². The standard InChI is InChI=1S/C30H39N7O3S/c1-20-17-25(35-34-20)31-28-27(40-3)29(33-30(32-28)41-24-9-7-22(8-10-24)18-21(2)38)37-15-11-23(12-16-37)19-26(39)36-13-5-4-6-14-36/h7-10,17,23H,4-6,11-16,18-19H2,1-3H3,(H2,31,32,33,34,35). The molecule has 0 atom stereocenters. The third-order valence-electron chi connectivity index (χ3n) is 7.66. The number of ketones is 1. The van der Waals surface area contributed by atoms with Gasteiger partial charge in [-0.1, -0.05) is 12.1 Å². The number of aromatic amines is 1. The van der Waals surface area contributed by atoms with Gasteiger partial charge >= 0.3 is 0 Å². The summed E-state index contributed by atoms with van der Waals surface area (Å²) in [5, 5.41) is 11.2. The van der Waals surface area contributed by atoms with Crippen LogP contribution in [0.25, 0.3) is 0 Å². The van der Waals surface area contributed by atoms with Gasteiger partial charge in [-0.25, -0.2) is 9.97 Å². The summed E-state index contributed by atoms with van der Waals surface area (Å²) in [6.45, 7) is 6.92. The van der Waals surface area contributed by atoms with Crippen molar-refractivity contribution in [3.63, 3.8) is 0 Å². The van der Waals surface area contributed by atoms with Crippen molar-refractivity contribution in [3.8, 4) is 5.75 Å². The fourth-order valence-electron chi connectivity index (χ4n) is 5.49. The molecule has 0 radical (unpaired) electrons. The van der Waals surface area contributed by atoms with E-state index < -0.39 is 0 Å². The van der Waals surface area contributed by atoms with Crippen molar-refractivity contribution in [2.45, 2.75) is 68.8 Å². The van der Waals surface area contributed by atoms with Gasteiger partial charge in [-0.3, -0.25) is 14.7 Å². The maximum atomic E-state index is 12.9. The summed E-state index contributed by atoms with van der Waals surface area (Å²) >= 11 is 1.46. The van der Waals surface area contributed by atoms with E-state index in [4.69, 9.17) is 14.7 Å². The fourth-order valence-corrected chi connectivity index (χ4v) is 6.24. The summed E-state index contributed by atoms with van der Waals surface area (Å²) in [4.78, 5) is 39.4. The highest BCUT2D eigenvalue weighted by Crippen LogP contribution is 2.39. The molecule has 4 heterocycles. The number of aryl methyl sites for hydroxylation is 1. The number of aromatic nitrogens is 4. The minimum absolute atomic E-state index is 0.137. The van der Waals surface area contributed by atoms with E-state index in [1.54, 1.807) is 14.0 Å². The highest BCUT2D eigenvalue weighted by atomic mass is 32.2. The average molecular weight is 578 g/mol. The van der Waals surface area contributed by atoms with E-state index in [1.807, 2.05) is 42.2 Å². The fraction of sp³-hybridized carbons (Fsp3) is 0.500. The molecule has 2 saturated heterocycles. The van der Waals surface area contributed by atoms with Crippen LogP contribution in [0.1, 0.15) is 56.7 Å². The number of piperidine rings is 2. The predicted molar refractivity (Wildman–Crippen MR) is 160 cm³/mol. The molecule has 2 aliphatic rings. The Morgan fingerprint density at radius 1 is 1.07 bits per heavy atom. The first-order valence-corrected chi connectivity index (χ1v) is 15.2. The van der Waals surface area contributed by atoms with Crippen LogP contribution >= 0.6 is 11.8 Å². The molecular formula is C30H39N7O3S. The van der Waals surface area contributed by atoms with E-state index in [-0.39, 0.29) is 5.78 Å². The molecule has 1 amide bonds. The van der Waals surface area contributed by atoms with Crippen molar-refractivity contribution in [1.29, 1.82) is 0 Å². The molecule has 0 unspecified atom stereocenters. The normalized spacial score (nSPS) is 16.1. The maximum absolute atomic E-state index is 12.9. The molecule has 3 aromatic rings. The predicted octanol–water partition coefficient (Wildman–Crippen LogP) is 5.16. The first-order valence-electron chi connectivity index (χ1n) is 14.4. The molecule has 2 aliphatic heterocycles. The van der Waals surface area contributed by atoms with Crippen LogP contribution in [0.5, 0.6) is 5.75 Å². The molecule has 2 fully saturated rings. The zero-order valence-electron chi connectivity index (χ0n) is 24.1. The molecule has 1 aromatic carbocycles. The van der Waals surface area contributed by atoms with Crippen LogP contribution in [0.3, 0.4) is 0 Å². The summed E-state index contributed by atoms with van der Waals surface area (Å²) < 4.78 is 5.87. The highest BCUT2D eigenvalue weighted by Gasteiger charge is 2.28. The van der Waals surface area contributed by atoms with Gasteiger partial charge in [0.1, 0.15) is 5.78 Å². The van der Waals surface area contributed by atoms with Crippen molar-refractivity contribution in [1.82, 2.24) is 25.1 Å². The number of likely N-dealkylation sites (tertiary alicyclic amines) is 1. The quantitative estimate of drug-likeness (QED) is 0.315. The second kappa shape index (κ2) is 13.4. The van der Waals surface area contributed by atoms with Gasteiger partial charge in [-0.05, 0) is 81.3 Å². The van der Waals surface area contributed by atoms with Crippen molar-refractivity contribution in [3.05, 3.63) is 41.6 Å². The molecule has 41 heavy (non-hydrogen) atoms. The Balaban J connectivity index is 1.35. The third kappa shape index (κ3) is 7.58. The number of ether oxygens (including phenoxy) is 1. The Morgan fingerprint density at radius 3 is 2.44 bits per heavy atom. The zero-order valence-corrected chi connectivity index (χ0v) is 24.9. The first-order chi connectivity index (χ1) is 19.9. The molecule has 2 aromatic heterocycles. The van der Waals surface area contributed by atoms with Gasteiger partial charge in [0.2, 0.25) is 11.7 Å². The molecular weight excluding hydrogens is 538 g/mol. The molecule has 218 valence electrons. The van der Waals surface area contributed by atoms with Crippen LogP contribution < -0.4 is 15.0 Å². The van der Waals surface area contributed by atoms with Crippen LogP contribution in [-0.2, 0) is 16.0 Å². The number of amides is 1. The zero-order chi connectivity index (χ0) is 28.8. The molecule has 10 nitrogen and oxygen atoms in total. The number of hydrogen-bond acceptors (Lipinski definition) is 9. The number of H-pyrrole nitrogens is 1. The van der Waals surface area contributed by atoms with Crippen molar-refractivity contribution in [2.75, 3.05) is 43.5 Å². The molecule has 0 aliphatic carbocycles. The summed E-state index contributed by atoms with van der Waals surface area (Å²) in [5.41, 5.74) is 1.92. The summed E-state index contributed by atoms with van der Waals surface area (Å²) in [6, 6.07) is 9.83. The van der Waals surface area contributed by atoms with E-state index in [0.717, 1.165) is 73.8 Å². The number of nitrogens with one attached hydrogen (secondary N) is 2. The lowest BCUT2D eigenvalue weighted by atomic mass is 9.92. The van der Waals surface area contributed by atoms with Crippen LogP contribution in [0.2, 0.25) is 0 Å². The minimum Gasteiger partial charge on any atom is -0.490 e. The lowest BCUT2D eigenvalue weighted by Gasteiger charge is -2.35. The highest BCUT2D eigenvalue weighted by molar-refractivity contribution is 7.99. The van der Waals surface area contributed by atoms with Gasteiger partial charge in [0.25, 0.3) is 0 Å². The first kappa shape index (κ1) is 28.9. The van der Waals surface area contributed by atoms with E-state index in [0.29, 0.717) is 47.2 Å². The van der Waals surface area contributed by atoms with Crippen LogP contribution in [0.15, 0.2) is 40.4 Å². The van der Waals surface area contributed by atoms with E-state index in [2.05, 4.69) is 20.4 Å². The SMILES string of the molecule is COc1c(Nc2cc(C)[nH]n2)nc(Sc2ccc(CC(C)=O)cc2)nc1N1CCC(CC(=O)N2CCCCC2)CC1. The number of hydrogen-bond donors (Lipinski definition) is 2. The Labute approximate surface area is 245 Å². The summed E-state index contributed by atoms with van der Waals surface area (Å²) in [7, 11) is 1.63. The number of anilines is 3. The summed E-state index contributed by atoms with van der Waals surface area (Å²) in [5.74, 6) is 3.30. The largest absolute Gasteiger partial charge is 0.490 e.